The van der Waals surface area contributed by atoms with Crippen molar-refractivity contribution < 1.29 is 0 Å². The Morgan fingerprint density at radius 2 is 2.18 bits per heavy atom. The molecule has 1 heterocycles. The van der Waals surface area contributed by atoms with E-state index >= 15 is 0 Å². The van der Waals surface area contributed by atoms with Gasteiger partial charge in [-0.1, -0.05) is 22.9 Å². The molecule has 1 saturated heterocycles. The fourth-order valence-corrected chi connectivity index (χ4v) is 3.00. The van der Waals surface area contributed by atoms with Crippen molar-refractivity contribution in [1.29, 1.82) is 0 Å². The van der Waals surface area contributed by atoms with E-state index in [2.05, 4.69) is 65.1 Å². The summed E-state index contributed by atoms with van der Waals surface area (Å²) in [4.78, 5) is 2.48. The maximum Gasteiger partial charge on any atom is 0.0381 e. The lowest BCUT2D eigenvalue weighted by molar-refractivity contribution is 0.314. The molecule has 0 aromatic heterocycles. The minimum Gasteiger partial charge on any atom is -0.368 e. The van der Waals surface area contributed by atoms with E-state index in [1.165, 1.54) is 15.7 Å². The fourth-order valence-electron chi connectivity index (χ4n) is 2.41. The van der Waals surface area contributed by atoms with E-state index < -0.39 is 0 Å². The number of nitrogens with one attached hydrogen (secondary N) is 1. The molecule has 3 heteroatoms. The lowest BCUT2D eigenvalue weighted by Gasteiger charge is -2.42. The Kier molecular flexibility index (Phi) is 3.79. The van der Waals surface area contributed by atoms with Crippen LogP contribution in [0.25, 0.3) is 0 Å². The van der Waals surface area contributed by atoms with Gasteiger partial charge in [-0.05, 0) is 44.0 Å². The first-order chi connectivity index (χ1) is 8.02. The smallest absolute Gasteiger partial charge is 0.0381 e. The van der Waals surface area contributed by atoms with E-state index in [0.29, 0.717) is 0 Å². The number of halogens is 1. The summed E-state index contributed by atoms with van der Waals surface area (Å²) < 4.78 is 1.17. The first-order valence-corrected chi connectivity index (χ1v) is 7.09. The van der Waals surface area contributed by atoms with E-state index in [9.17, 15) is 0 Å². The van der Waals surface area contributed by atoms with Crippen LogP contribution in [0.15, 0.2) is 22.7 Å². The highest BCUT2D eigenvalue weighted by Gasteiger charge is 2.28. The van der Waals surface area contributed by atoms with E-state index in [1.54, 1.807) is 0 Å². The molecule has 0 amide bonds. The van der Waals surface area contributed by atoms with Gasteiger partial charge in [-0.25, -0.2) is 0 Å². The monoisotopic (exact) mass is 296 g/mol. The Morgan fingerprint density at radius 3 is 2.82 bits per heavy atom. The number of hydrogen-bond acceptors (Lipinski definition) is 2. The van der Waals surface area contributed by atoms with Gasteiger partial charge in [0.25, 0.3) is 0 Å². The molecule has 1 aromatic rings. The molecule has 94 valence electrons. The molecule has 1 fully saturated rings. The van der Waals surface area contributed by atoms with Crippen molar-refractivity contribution in [2.24, 2.45) is 0 Å². The van der Waals surface area contributed by atoms with Crippen molar-refractivity contribution in [3.63, 3.8) is 0 Å². The minimum absolute atomic E-state index is 0.245. The lowest BCUT2D eigenvalue weighted by Crippen LogP contribution is -2.58. The van der Waals surface area contributed by atoms with Gasteiger partial charge >= 0.3 is 0 Å². The third kappa shape index (κ3) is 3.02. The van der Waals surface area contributed by atoms with Crippen LogP contribution in [0, 0.1) is 6.92 Å². The summed E-state index contributed by atoms with van der Waals surface area (Å²) in [5.74, 6) is 0. The average Bonchev–Trinajstić information content (AvgIpc) is 2.28. The Hall–Kier alpha value is -0.540. The number of hydrogen-bond donors (Lipinski definition) is 1. The molecular weight excluding hydrogens is 276 g/mol. The van der Waals surface area contributed by atoms with Gasteiger partial charge in [-0.2, -0.15) is 0 Å². The van der Waals surface area contributed by atoms with Gasteiger partial charge < -0.3 is 10.2 Å². The molecule has 1 aliphatic heterocycles. The zero-order chi connectivity index (χ0) is 12.5. The number of rotatable bonds is 2. The highest BCUT2D eigenvalue weighted by Crippen LogP contribution is 2.26. The number of nitrogens with zero attached hydrogens (tertiary/aromatic N) is 1. The second-order valence-electron chi connectivity index (χ2n) is 5.25. The summed E-state index contributed by atoms with van der Waals surface area (Å²) in [6, 6.07) is 6.64. The molecule has 1 atom stereocenters. The third-order valence-electron chi connectivity index (χ3n) is 3.65. The van der Waals surface area contributed by atoms with Gasteiger partial charge in [-0.3, -0.25) is 0 Å². The third-order valence-corrected chi connectivity index (χ3v) is 4.10. The summed E-state index contributed by atoms with van der Waals surface area (Å²) >= 11 is 3.58. The topological polar surface area (TPSA) is 15.3 Å². The van der Waals surface area contributed by atoms with Crippen LogP contribution in [0.3, 0.4) is 0 Å². The second kappa shape index (κ2) is 4.99. The van der Waals surface area contributed by atoms with E-state index in [1.807, 2.05) is 0 Å². The number of benzene rings is 1. The first kappa shape index (κ1) is 12.9. The fraction of sp³-hybridized carbons (Fsp3) is 0.571. The normalized spacial score (nSPS) is 25.1. The minimum atomic E-state index is 0.245. The summed E-state index contributed by atoms with van der Waals surface area (Å²) in [5.41, 5.74) is 2.89. The number of piperazine rings is 1. The molecule has 1 N–H and O–H groups in total. The Labute approximate surface area is 113 Å². The SMILES string of the molecule is CCC1(C)CN(c2cc(C)cc(Br)c2)CCN1. The van der Waals surface area contributed by atoms with Crippen LogP contribution in [0.5, 0.6) is 0 Å². The molecule has 2 rings (SSSR count). The quantitative estimate of drug-likeness (QED) is 0.900. The number of aryl methyl sites for hydroxylation is 1. The Balaban J connectivity index is 2.21. The summed E-state index contributed by atoms with van der Waals surface area (Å²) in [6.45, 7) is 9.95. The van der Waals surface area contributed by atoms with Crippen LogP contribution < -0.4 is 10.2 Å². The summed E-state index contributed by atoms with van der Waals surface area (Å²) in [5, 5.41) is 3.62. The van der Waals surface area contributed by atoms with Crippen molar-refractivity contribution in [1.82, 2.24) is 5.32 Å². The molecule has 2 nitrogen and oxygen atoms in total. The summed E-state index contributed by atoms with van der Waals surface area (Å²) in [6.07, 6.45) is 1.16. The average molecular weight is 297 g/mol. The van der Waals surface area contributed by atoms with Crippen LogP contribution in [0.1, 0.15) is 25.8 Å². The van der Waals surface area contributed by atoms with Crippen molar-refractivity contribution in [3.8, 4) is 0 Å². The van der Waals surface area contributed by atoms with Crippen LogP contribution in [-0.4, -0.2) is 25.2 Å². The maximum atomic E-state index is 3.62. The summed E-state index contributed by atoms with van der Waals surface area (Å²) in [7, 11) is 0. The molecule has 0 spiro atoms. The van der Waals surface area contributed by atoms with Crippen molar-refractivity contribution in [2.45, 2.75) is 32.7 Å². The highest BCUT2D eigenvalue weighted by molar-refractivity contribution is 9.10. The standard InChI is InChI=1S/C14H21BrN2/c1-4-14(3)10-17(6-5-16-14)13-8-11(2)7-12(15)9-13/h7-9,16H,4-6,10H2,1-3H3. The predicted octanol–water partition coefficient (Wildman–Crippen LogP) is 3.34. The van der Waals surface area contributed by atoms with Crippen LogP contribution in [0.4, 0.5) is 5.69 Å². The first-order valence-electron chi connectivity index (χ1n) is 6.29. The number of anilines is 1. The van der Waals surface area contributed by atoms with E-state index in [-0.39, 0.29) is 5.54 Å². The van der Waals surface area contributed by atoms with Crippen molar-refractivity contribution >= 4 is 21.6 Å². The Bertz CT molecular complexity index is 385. The molecule has 1 aliphatic rings. The van der Waals surface area contributed by atoms with Gasteiger partial charge in [0.1, 0.15) is 0 Å². The molecule has 0 saturated carbocycles. The predicted molar refractivity (Wildman–Crippen MR) is 77.8 cm³/mol. The van der Waals surface area contributed by atoms with Gasteiger partial charge in [-0.15, -0.1) is 0 Å². The maximum absolute atomic E-state index is 3.62. The van der Waals surface area contributed by atoms with Crippen LogP contribution in [0.2, 0.25) is 0 Å². The molecule has 0 aliphatic carbocycles. The zero-order valence-electron chi connectivity index (χ0n) is 10.9. The molecule has 17 heavy (non-hydrogen) atoms. The van der Waals surface area contributed by atoms with Crippen molar-refractivity contribution in [3.05, 3.63) is 28.2 Å². The molecule has 0 bridgehead atoms. The van der Waals surface area contributed by atoms with Gasteiger partial charge in [0, 0.05) is 35.3 Å². The van der Waals surface area contributed by atoms with Gasteiger partial charge in [0.15, 0.2) is 0 Å². The van der Waals surface area contributed by atoms with Crippen molar-refractivity contribution in [2.75, 3.05) is 24.5 Å². The lowest BCUT2D eigenvalue weighted by atomic mass is 9.95. The van der Waals surface area contributed by atoms with Crippen LogP contribution in [-0.2, 0) is 0 Å². The molecule has 1 aromatic carbocycles. The molecule has 0 radical (unpaired) electrons. The largest absolute Gasteiger partial charge is 0.368 e. The molecular formula is C14H21BrN2. The highest BCUT2D eigenvalue weighted by atomic mass is 79.9. The zero-order valence-corrected chi connectivity index (χ0v) is 12.5. The van der Waals surface area contributed by atoms with Gasteiger partial charge in [0.2, 0.25) is 0 Å². The van der Waals surface area contributed by atoms with E-state index in [4.69, 9.17) is 0 Å². The van der Waals surface area contributed by atoms with E-state index in [0.717, 1.165) is 26.1 Å². The second-order valence-corrected chi connectivity index (χ2v) is 6.17. The van der Waals surface area contributed by atoms with Gasteiger partial charge in [0.05, 0.1) is 0 Å². The Morgan fingerprint density at radius 1 is 1.41 bits per heavy atom. The molecule has 1 unspecified atom stereocenters. The van der Waals surface area contributed by atoms with Crippen LogP contribution >= 0.6 is 15.9 Å².